The standard InChI is InChI=1S/C27H29ClO6/c1-15-11-19-18-7-6-16-12-17(29)8-9-24(16,2)27(18)22(33-27)13-25(19,3)26(15,21(30)14-28)34-23(31)20-5-4-10-32-20/h4-5,8-10,12,15,18-19,22H,6-7,11,13-14H2,1-3H3/t15-,18?,19?,22+,24+,25+,26+,27-/m1/s1. The number of hydrogen-bond donors (Lipinski definition) is 0. The molecule has 1 spiro atoms. The highest BCUT2D eigenvalue weighted by Gasteiger charge is 2.82. The Morgan fingerprint density at radius 1 is 1.26 bits per heavy atom. The van der Waals surface area contributed by atoms with Crippen LogP contribution >= 0.6 is 11.6 Å². The summed E-state index contributed by atoms with van der Waals surface area (Å²) in [4.78, 5) is 38.8. The summed E-state index contributed by atoms with van der Waals surface area (Å²) in [6.45, 7) is 6.27. The monoisotopic (exact) mass is 484 g/mol. The van der Waals surface area contributed by atoms with Gasteiger partial charge in [0.05, 0.1) is 18.2 Å². The van der Waals surface area contributed by atoms with Crippen LogP contribution in [0.2, 0.25) is 0 Å². The molecule has 1 aromatic heterocycles. The van der Waals surface area contributed by atoms with Crippen molar-refractivity contribution in [2.45, 2.75) is 63.8 Å². The van der Waals surface area contributed by atoms with Crippen molar-refractivity contribution in [3.05, 3.63) is 48.0 Å². The summed E-state index contributed by atoms with van der Waals surface area (Å²) in [5.41, 5.74) is -1.56. The average molecular weight is 485 g/mol. The zero-order chi connectivity index (χ0) is 24.1. The number of ketones is 2. The van der Waals surface area contributed by atoms with Gasteiger partial charge < -0.3 is 13.9 Å². The Morgan fingerprint density at radius 3 is 2.76 bits per heavy atom. The largest absolute Gasteiger partial charge is 0.457 e. The normalized spacial score (nSPS) is 46.0. The van der Waals surface area contributed by atoms with Gasteiger partial charge in [0.15, 0.2) is 17.2 Å². The number of fused-ring (bicyclic) bond motifs is 3. The van der Waals surface area contributed by atoms with Crippen LogP contribution in [0.25, 0.3) is 0 Å². The molecule has 180 valence electrons. The first-order chi connectivity index (χ1) is 16.1. The summed E-state index contributed by atoms with van der Waals surface area (Å²) >= 11 is 6.15. The molecule has 8 atom stereocenters. The van der Waals surface area contributed by atoms with Crippen LogP contribution in [0.4, 0.5) is 0 Å². The minimum Gasteiger partial charge on any atom is -0.457 e. The minimum atomic E-state index is -1.35. The smallest absolute Gasteiger partial charge is 0.375 e. The van der Waals surface area contributed by atoms with Crippen LogP contribution in [0.3, 0.4) is 0 Å². The molecule has 1 aromatic rings. The Kier molecular flexibility index (Phi) is 4.55. The molecule has 0 aromatic carbocycles. The Morgan fingerprint density at radius 2 is 2.06 bits per heavy atom. The fourth-order valence-corrected chi connectivity index (χ4v) is 8.73. The first kappa shape index (κ1) is 22.3. The predicted octanol–water partition coefficient (Wildman–Crippen LogP) is 4.67. The number of furan rings is 1. The number of hydrogen-bond acceptors (Lipinski definition) is 6. The molecular weight excluding hydrogens is 456 g/mol. The molecule has 5 aliphatic rings. The number of halogens is 1. The topological polar surface area (TPSA) is 86.1 Å². The van der Waals surface area contributed by atoms with E-state index in [4.69, 9.17) is 25.5 Å². The summed E-state index contributed by atoms with van der Waals surface area (Å²) in [7, 11) is 0. The van der Waals surface area contributed by atoms with E-state index in [2.05, 4.69) is 13.8 Å². The van der Waals surface area contributed by atoms with Crippen molar-refractivity contribution in [2.75, 3.05) is 5.88 Å². The maximum Gasteiger partial charge on any atom is 0.375 e. The Balaban J connectivity index is 1.43. The van der Waals surface area contributed by atoms with Gasteiger partial charge in [0, 0.05) is 16.7 Å². The van der Waals surface area contributed by atoms with E-state index in [1.807, 2.05) is 13.0 Å². The van der Waals surface area contributed by atoms with Crippen molar-refractivity contribution < 1.29 is 28.3 Å². The van der Waals surface area contributed by atoms with E-state index < -0.39 is 17.0 Å². The van der Waals surface area contributed by atoms with Gasteiger partial charge >= 0.3 is 5.97 Å². The maximum atomic E-state index is 13.6. The summed E-state index contributed by atoms with van der Waals surface area (Å²) in [5.74, 6) is -0.916. The molecule has 2 unspecified atom stereocenters. The highest BCUT2D eigenvalue weighted by Crippen LogP contribution is 2.77. The summed E-state index contributed by atoms with van der Waals surface area (Å²) in [6.07, 6.45) is 9.84. The van der Waals surface area contributed by atoms with E-state index in [0.717, 1.165) is 24.8 Å². The molecule has 34 heavy (non-hydrogen) atoms. The quantitative estimate of drug-likeness (QED) is 0.351. The lowest BCUT2D eigenvalue weighted by Gasteiger charge is -2.56. The molecule has 0 amide bonds. The van der Waals surface area contributed by atoms with Gasteiger partial charge in [0.1, 0.15) is 5.60 Å². The lowest BCUT2D eigenvalue weighted by molar-refractivity contribution is -0.162. The molecule has 2 heterocycles. The zero-order valence-electron chi connectivity index (χ0n) is 19.6. The Hall–Kier alpha value is -2.18. The van der Waals surface area contributed by atoms with Crippen molar-refractivity contribution in [2.24, 2.45) is 28.6 Å². The van der Waals surface area contributed by atoms with E-state index in [1.54, 1.807) is 24.3 Å². The van der Waals surface area contributed by atoms with Gasteiger partial charge in [0.25, 0.3) is 0 Å². The van der Waals surface area contributed by atoms with Crippen LogP contribution in [0.5, 0.6) is 0 Å². The first-order valence-corrected chi connectivity index (χ1v) is 12.7. The number of allylic oxidation sites excluding steroid dienone is 2. The van der Waals surface area contributed by atoms with Crippen LogP contribution in [0.1, 0.15) is 57.0 Å². The Labute approximate surface area is 203 Å². The van der Waals surface area contributed by atoms with Crippen LogP contribution in [-0.4, -0.2) is 40.7 Å². The van der Waals surface area contributed by atoms with Crippen molar-refractivity contribution >= 4 is 29.1 Å². The van der Waals surface area contributed by atoms with Gasteiger partial charge in [-0.1, -0.05) is 25.5 Å². The van der Waals surface area contributed by atoms with E-state index in [-0.39, 0.29) is 58.1 Å². The molecule has 1 saturated heterocycles. The first-order valence-electron chi connectivity index (χ1n) is 12.1. The van der Waals surface area contributed by atoms with Gasteiger partial charge in [-0.15, -0.1) is 11.6 Å². The molecule has 0 N–H and O–H groups in total. The molecule has 6 nitrogen and oxygen atoms in total. The van der Waals surface area contributed by atoms with Crippen LogP contribution in [0.15, 0.2) is 46.6 Å². The number of epoxide rings is 1. The third-order valence-electron chi connectivity index (χ3n) is 9.99. The van der Waals surface area contributed by atoms with Crippen molar-refractivity contribution in [1.82, 2.24) is 0 Å². The van der Waals surface area contributed by atoms with Crippen LogP contribution in [-0.2, 0) is 19.1 Å². The van der Waals surface area contributed by atoms with E-state index in [0.29, 0.717) is 6.42 Å². The zero-order valence-corrected chi connectivity index (χ0v) is 20.4. The number of alkyl halides is 1. The molecule has 0 radical (unpaired) electrons. The number of carbonyl (C=O) groups is 3. The van der Waals surface area contributed by atoms with Gasteiger partial charge in [0.2, 0.25) is 5.76 Å². The van der Waals surface area contributed by atoms with Gasteiger partial charge in [-0.25, -0.2) is 4.79 Å². The second-order valence-corrected chi connectivity index (χ2v) is 11.4. The summed E-state index contributed by atoms with van der Waals surface area (Å²) in [6, 6.07) is 3.17. The van der Waals surface area contributed by atoms with Crippen molar-refractivity contribution in [3.8, 4) is 0 Å². The number of esters is 1. The highest BCUT2D eigenvalue weighted by atomic mass is 35.5. The Bertz CT molecular complexity index is 1150. The van der Waals surface area contributed by atoms with Crippen molar-refractivity contribution in [1.29, 1.82) is 0 Å². The molecule has 4 fully saturated rings. The number of rotatable bonds is 4. The third-order valence-corrected chi connectivity index (χ3v) is 10.2. The van der Waals surface area contributed by atoms with E-state index >= 15 is 0 Å². The number of carbonyl (C=O) groups excluding carboxylic acids is 3. The number of Topliss-reactive ketones (excluding diaryl/α,β-unsaturated/α-hetero) is 1. The maximum absolute atomic E-state index is 13.6. The van der Waals surface area contributed by atoms with E-state index in [1.165, 1.54) is 6.26 Å². The minimum absolute atomic E-state index is 0.0335. The fraction of sp³-hybridized carbons (Fsp3) is 0.593. The van der Waals surface area contributed by atoms with Gasteiger partial charge in [-0.3, -0.25) is 9.59 Å². The molecule has 1 aliphatic heterocycles. The SMILES string of the molecule is C[C@@H]1CC2C3CCC4=CC(=O)C=C[C@]4(C)[C@@]34O[C@H]4C[C@]2(C)[C@@]1(OC(=O)c1ccco1)C(=O)CCl. The fourth-order valence-electron chi connectivity index (χ4n) is 8.53. The number of ether oxygens (including phenoxy) is 2. The van der Waals surface area contributed by atoms with Crippen LogP contribution < -0.4 is 0 Å². The second-order valence-electron chi connectivity index (χ2n) is 11.2. The lowest BCUT2D eigenvalue weighted by Crippen LogP contribution is -2.63. The third kappa shape index (κ3) is 2.44. The molecule has 6 rings (SSSR count). The molecule has 7 heteroatoms. The summed E-state index contributed by atoms with van der Waals surface area (Å²) < 4.78 is 18.0. The summed E-state index contributed by atoms with van der Waals surface area (Å²) in [5, 5.41) is 0. The highest BCUT2D eigenvalue weighted by molar-refractivity contribution is 6.29. The van der Waals surface area contributed by atoms with Crippen molar-refractivity contribution in [3.63, 3.8) is 0 Å². The van der Waals surface area contributed by atoms with Gasteiger partial charge in [-0.05, 0) is 68.7 Å². The average Bonchev–Trinajstić information content (AvgIpc) is 3.17. The molecule has 0 bridgehead atoms. The lowest BCUT2D eigenvalue weighted by atomic mass is 9.46. The van der Waals surface area contributed by atoms with E-state index in [9.17, 15) is 14.4 Å². The molecule has 3 saturated carbocycles. The molecule has 4 aliphatic carbocycles. The van der Waals surface area contributed by atoms with Gasteiger partial charge in [-0.2, -0.15) is 0 Å². The van der Waals surface area contributed by atoms with Crippen LogP contribution in [0, 0.1) is 28.6 Å². The second kappa shape index (κ2) is 6.94. The predicted molar refractivity (Wildman–Crippen MR) is 123 cm³/mol. The molecular formula is C27H29ClO6.